The molecule has 0 saturated carbocycles. The molecule has 7 heteroatoms. The second-order valence-corrected chi connectivity index (χ2v) is 6.45. The number of amides is 4. The van der Waals surface area contributed by atoms with Crippen molar-refractivity contribution in [2.24, 2.45) is 0 Å². The topological polar surface area (TPSA) is 78.5 Å². The number of carbonyl (C=O) groups excluding carboxylic acids is 3. The van der Waals surface area contributed by atoms with Crippen LogP contribution in [-0.2, 0) is 16.1 Å². The number of urea groups is 1. The molecule has 1 heterocycles. The summed E-state index contributed by atoms with van der Waals surface area (Å²) in [6, 6.07) is 15.0. The maximum atomic E-state index is 12.4. The van der Waals surface area contributed by atoms with Gasteiger partial charge < -0.3 is 10.6 Å². The maximum absolute atomic E-state index is 12.4. The minimum Gasteiger partial charge on any atom is -0.326 e. The molecule has 0 radical (unpaired) electrons. The average molecular weight is 372 g/mol. The lowest BCUT2D eigenvalue weighted by Gasteiger charge is -2.13. The highest BCUT2D eigenvalue weighted by atomic mass is 35.5. The first-order valence-electron chi connectivity index (χ1n) is 8.24. The summed E-state index contributed by atoms with van der Waals surface area (Å²) >= 11 is 5.88. The van der Waals surface area contributed by atoms with Gasteiger partial charge in [-0.3, -0.25) is 14.5 Å². The monoisotopic (exact) mass is 371 g/mol. The molecule has 1 fully saturated rings. The number of nitrogens with one attached hydrogen (secondary N) is 2. The molecular formula is C19H18ClN3O3. The van der Waals surface area contributed by atoms with E-state index in [1.165, 1.54) is 4.90 Å². The molecule has 2 aromatic rings. The Kier molecular flexibility index (Phi) is 5.53. The lowest BCUT2D eigenvalue weighted by Crippen LogP contribution is -2.31. The molecule has 1 atom stereocenters. The van der Waals surface area contributed by atoms with E-state index in [0.717, 1.165) is 5.56 Å². The van der Waals surface area contributed by atoms with E-state index in [1.807, 2.05) is 30.3 Å². The molecule has 26 heavy (non-hydrogen) atoms. The highest BCUT2D eigenvalue weighted by Gasteiger charge is 2.37. The number of hydrogen-bond acceptors (Lipinski definition) is 3. The largest absolute Gasteiger partial charge is 0.326 e. The SMILES string of the molecule is O=C(CC[C@@H]1NC(=O)N(Cc2ccccc2)C1=O)Nc1cccc(Cl)c1. The molecule has 2 aromatic carbocycles. The van der Waals surface area contributed by atoms with Crippen LogP contribution in [0.4, 0.5) is 10.5 Å². The van der Waals surface area contributed by atoms with Crippen LogP contribution in [0.25, 0.3) is 0 Å². The van der Waals surface area contributed by atoms with E-state index >= 15 is 0 Å². The summed E-state index contributed by atoms with van der Waals surface area (Å²) in [4.78, 5) is 37.7. The van der Waals surface area contributed by atoms with Crippen molar-refractivity contribution >= 4 is 35.1 Å². The molecule has 6 nitrogen and oxygen atoms in total. The molecule has 0 unspecified atom stereocenters. The first-order valence-corrected chi connectivity index (χ1v) is 8.62. The Labute approximate surface area is 156 Å². The van der Waals surface area contributed by atoms with Gasteiger partial charge in [0, 0.05) is 17.1 Å². The minimum atomic E-state index is -0.684. The molecule has 2 N–H and O–H groups in total. The van der Waals surface area contributed by atoms with Crippen LogP contribution in [0.5, 0.6) is 0 Å². The van der Waals surface area contributed by atoms with E-state index in [0.29, 0.717) is 10.7 Å². The molecule has 0 spiro atoms. The number of anilines is 1. The maximum Gasteiger partial charge on any atom is 0.325 e. The second-order valence-electron chi connectivity index (χ2n) is 6.01. The van der Waals surface area contributed by atoms with E-state index in [2.05, 4.69) is 10.6 Å². The number of nitrogens with zero attached hydrogens (tertiary/aromatic N) is 1. The zero-order valence-electron chi connectivity index (χ0n) is 13.9. The predicted octanol–water partition coefficient (Wildman–Crippen LogP) is 3.18. The van der Waals surface area contributed by atoms with E-state index in [9.17, 15) is 14.4 Å². The van der Waals surface area contributed by atoms with Crippen molar-refractivity contribution in [1.82, 2.24) is 10.2 Å². The highest BCUT2D eigenvalue weighted by molar-refractivity contribution is 6.30. The van der Waals surface area contributed by atoms with Crippen LogP contribution in [0.15, 0.2) is 54.6 Å². The van der Waals surface area contributed by atoms with Gasteiger partial charge in [0.25, 0.3) is 5.91 Å². The normalized spacial score (nSPS) is 16.5. The fourth-order valence-electron chi connectivity index (χ4n) is 2.75. The smallest absolute Gasteiger partial charge is 0.325 e. The first kappa shape index (κ1) is 17.9. The number of imide groups is 1. The summed E-state index contributed by atoms with van der Waals surface area (Å²) < 4.78 is 0. The van der Waals surface area contributed by atoms with Crippen LogP contribution in [0.3, 0.4) is 0 Å². The zero-order valence-corrected chi connectivity index (χ0v) is 14.7. The van der Waals surface area contributed by atoms with Crippen molar-refractivity contribution in [3.05, 3.63) is 65.2 Å². The Morgan fingerprint density at radius 1 is 1.12 bits per heavy atom. The summed E-state index contributed by atoms with van der Waals surface area (Å²) in [5.74, 6) is -0.551. The Balaban J connectivity index is 1.53. The van der Waals surface area contributed by atoms with Crippen molar-refractivity contribution in [3.8, 4) is 0 Å². The van der Waals surface area contributed by atoms with Crippen LogP contribution in [0.1, 0.15) is 18.4 Å². The van der Waals surface area contributed by atoms with Gasteiger partial charge in [-0.25, -0.2) is 4.79 Å². The molecule has 134 valence electrons. The van der Waals surface area contributed by atoms with Crippen LogP contribution >= 0.6 is 11.6 Å². The molecule has 4 amide bonds. The fraction of sp³-hybridized carbons (Fsp3) is 0.211. The van der Waals surface area contributed by atoms with Gasteiger partial charge in [0.05, 0.1) is 6.54 Å². The van der Waals surface area contributed by atoms with Crippen LogP contribution < -0.4 is 10.6 Å². The molecule has 1 aliphatic rings. The standard InChI is InChI=1S/C19H18ClN3O3/c20-14-7-4-8-15(11-14)21-17(24)10-9-16-18(25)23(19(26)22-16)12-13-5-2-1-3-6-13/h1-8,11,16H,9-10,12H2,(H,21,24)(H,22,26)/t16-/m0/s1. The van der Waals surface area contributed by atoms with Crippen molar-refractivity contribution in [2.75, 3.05) is 5.32 Å². The predicted molar refractivity (Wildman–Crippen MR) is 98.6 cm³/mol. The number of rotatable bonds is 6. The molecule has 0 aliphatic carbocycles. The third-order valence-electron chi connectivity index (χ3n) is 4.06. The van der Waals surface area contributed by atoms with Gasteiger partial charge in [-0.15, -0.1) is 0 Å². The third kappa shape index (κ3) is 4.40. The van der Waals surface area contributed by atoms with Crippen LogP contribution in [0.2, 0.25) is 5.02 Å². The lowest BCUT2D eigenvalue weighted by molar-refractivity contribution is -0.128. The van der Waals surface area contributed by atoms with E-state index in [-0.39, 0.29) is 31.2 Å². The number of carbonyl (C=O) groups is 3. The zero-order chi connectivity index (χ0) is 18.5. The Morgan fingerprint density at radius 2 is 1.88 bits per heavy atom. The summed E-state index contributed by atoms with van der Waals surface area (Å²) in [5, 5.41) is 5.89. The quantitative estimate of drug-likeness (QED) is 0.765. The van der Waals surface area contributed by atoms with Gasteiger partial charge in [0.15, 0.2) is 0 Å². The van der Waals surface area contributed by atoms with E-state index < -0.39 is 12.1 Å². The van der Waals surface area contributed by atoms with E-state index in [4.69, 9.17) is 11.6 Å². The summed E-state index contributed by atoms with van der Waals surface area (Å²) in [7, 11) is 0. The number of hydrogen-bond donors (Lipinski definition) is 2. The number of halogens is 1. The summed E-state index contributed by atoms with van der Waals surface area (Å²) in [6.45, 7) is 0.219. The van der Waals surface area contributed by atoms with Gasteiger partial charge in [0.2, 0.25) is 5.91 Å². The highest BCUT2D eigenvalue weighted by Crippen LogP contribution is 2.17. The van der Waals surface area contributed by atoms with Gasteiger partial charge in [-0.1, -0.05) is 48.0 Å². The van der Waals surface area contributed by atoms with Crippen molar-refractivity contribution in [2.45, 2.75) is 25.4 Å². The molecule has 0 aromatic heterocycles. The Morgan fingerprint density at radius 3 is 2.62 bits per heavy atom. The third-order valence-corrected chi connectivity index (χ3v) is 4.29. The summed E-state index contributed by atoms with van der Waals surface area (Å²) in [5.41, 5.74) is 1.46. The van der Waals surface area contributed by atoms with Gasteiger partial charge >= 0.3 is 6.03 Å². The van der Waals surface area contributed by atoms with Crippen molar-refractivity contribution in [1.29, 1.82) is 0 Å². The molecule has 1 saturated heterocycles. The molecular weight excluding hydrogens is 354 g/mol. The van der Waals surface area contributed by atoms with Gasteiger partial charge in [-0.2, -0.15) is 0 Å². The molecule has 1 aliphatic heterocycles. The minimum absolute atomic E-state index is 0.113. The van der Waals surface area contributed by atoms with Gasteiger partial charge in [-0.05, 0) is 30.2 Å². The molecule has 3 rings (SSSR count). The first-order chi connectivity index (χ1) is 12.5. The second kappa shape index (κ2) is 8.01. The van der Waals surface area contributed by atoms with Crippen molar-refractivity contribution < 1.29 is 14.4 Å². The van der Waals surface area contributed by atoms with Crippen LogP contribution in [0, 0.1) is 0 Å². The molecule has 0 bridgehead atoms. The Hall–Kier alpha value is -2.86. The fourth-order valence-corrected chi connectivity index (χ4v) is 2.94. The Bertz CT molecular complexity index is 826. The number of benzene rings is 2. The van der Waals surface area contributed by atoms with Gasteiger partial charge in [0.1, 0.15) is 6.04 Å². The van der Waals surface area contributed by atoms with Crippen LogP contribution in [-0.4, -0.2) is 28.8 Å². The average Bonchev–Trinajstić information content (AvgIpc) is 2.88. The summed E-state index contributed by atoms with van der Waals surface area (Å²) in [6.07, 6.45) is 0.352. The van der Waals surface area contributed by atoms with E-state index in [1.54, 1.807) is 24.3 Å². The van der Waals surface area contributed by atoms with Crippen molar-refractivity contribution in [3.63, 3.8) is 0 Å². The lowest BCUT2D eigenvalue weighted by atomic mass is 10.1.